The molecule has 0 amide bonds. The van der Waals surface area contributed by atoms with Crippen molar-refractivity contribution in [2.45, 2.75) is 0 Å². The highest BCUT2D eigenvalue weighted by molar-refractivity contribution is 9.10. The van der Waals surface area contributed by atoms with E-state index >= 15 is 0 Å². The van der Waals surface area contributed by atoms with Crippen molar-refractivity contribution < 1.29 is 0 Å². The minimum absolute atomic E-state index is 0.538. The van der Waals surface area contributed by atoms with E-state index in [0.717, 1.165) is 20.0 Å². The molecule has 0 saturated heterocycles. The van der Waals surface area contributed by atoms with Crippen molar-refractivity contribution in [2.24, 2.45) is 0 Å². The number of aromatic nitrogens is 3. The molecule has 3 aromatic rings. The lowest BCUT2D eigenvalue weighted by Gasteiger charge is -1.85. The van der Waals surface area contributed by atoms with E-state index in [9.17, 15) is 0 Å². The first kappa shape index (κ1) is 9.32. The van der Waals surface area contributed by atoms with Gasteiger partial charge in [-0.3, -0.25) is 0 Å². The Labute approximate surface area is 102 Å². The molecule has 0 aromatic carbocycles. The number of hydrogen-bond acceptors (Lipinski definition) is 5. The van der Waals surface area contributed by atoms with Crippen LogP contribution >= 0.6 is 38.6 Å². The normalized spacial score (nSPS) is 11.3. The van der Waals surface area contributed by atoms with Crippen LogP contribution in [0.4, 0.5) is 5.13 Å². The van der Waals surface area contributed by atoms with E-state index in [1.165, 1.54) is 11.3 Å². The molecule has 3 aromatic heterocycles. The van der Waals surface area contributed by atoms with Crippen molar-refractivity contribution in [1.29, 1.82) is 0 Å². The molecule has 0 saturated carbocycles. The summed E-state index contributed by atoms with van der Waals surface area (Å²) in [4.78, 5) is 6.39. The number of nitrogens with zero attached hydrogens (tertiary/aromatic N) is 3. The maximum atomic E-state index is 5.57. The maximum absolute atomic E-state index is 5.57. The van der Waals surface area contributed by atoms with E-state index in [2.05, 4.69) is 26.0 Å². The second kappa shape index (κ2) is 3.29. The first-order valence-corrected chi connectivity index (χ1v) is 6.57. The number of fused-ring (bicyclic) bond motifs is 1. The molecule has 0 unspecified atom stereocenters. The molecule has 15 heavy (non-hydrogen) atoms. The molecule has 0 aliphatic heterocycles. The summed E-state index contributed by atoms with van der Waals surface area (Å²) in [6, 6.07) is 2.04. The minimum atomic E-state index is 0.538. The Morgan fingerprint density at radius 3 is 3.00 bits per heavy atom. The number of rotatable bonds is 1. The van der Waals surface area contributed by atoms with Gasteiger partial charge in [-0.2, -0.15) is 0 Å². The standard InChI is InChI=1S/C8H5BrN4S2/c9-4-1-6(14-3-4)5-2-13-8(11-5)15-7(10)12-13/h1-3H,(H2,10,12). The Bertz CT molecular complexity index is 592. The van der Waals surface area contributed by atoms with E-state index in [1.807, 2.05) is 17.6 Å². The zero-order valence-corrected chi connectivity index (χ0v) is 10.6. The molecule has 0 aliphatic carbocycles. The lowest BCUT2D eigenvalue weighted by molar-refractivity contribution is 0.981. The molecule has 0 fully saturated rings. The number of anilines is 1. The van der Waals surface area contributed by atoms with Crippen LogP contribution in [0.5, 0.6) is 0 Å². The topological polar surface area (TPSA) is 56.2 Å². The van der Waals surface area contributed by atoms with Gasteiger partial charge >= 0.3 is 0 Å². The van der Waals surface area contributed by atoms with Gasteiger partial charge < -0.3 is 5.73 Å². The molecular weight excluding hydrogens is 296 g/mol. The molecular formula is C8H5BrN4S2. The fourth-order valence-corrected chi connectivity index (χ4v) is 3.31. The van der Waals surface area contributed by atoms with Crippen molar-refractivity contribution in [3.05, 3.63) is 22.1 Å². The molecule has 0 aliphatic rings. The number of halogens is 1. The molecule has 0 atom stereocenters. The van der Waals surface area contributed by atoms with Crippen LogP contribution in [0.3, 0.4) is 0 Å². The maximum Gasteiger partial charge on any atom is 0.214 e. The summed E-state index contributed by atoms with van der Waals surface area (Å²) in [6.45, 7) is 0. The van der Waals surface area contributed by atoms with Crippen LogP contribution in [0.1, 0.15) is 0 Å². The molecule has 3 rings (SSSR count). The summed E-state index contributed by atoms with van der Waals surface area (Å²) in [6.07, 6.45) is 1.89. The molecule has 0 spiro atoms. The van der Waals surface area contributed by atoms with Gasteiger partial charge in [0.05, 0.1) is 11.1 Å². The van der Waals surface area contributed by atoms with Gasteiger partial charge in [0.2, 0.25) is 10.1 Å². The van der Waals surface area contributed by atoms with Crippen molar-refractivity contribution in [2.75, 3.05) is 5.73 Å². The summed E-state index contributed by atoms with van der Waals surface area (Å²) < 4.78 is 2.79. The van der Waals surface area contributed by atoms with Gasteiger partial charge in [-0.1, -0.05) is 11.3 Å². The highest BCUT2D eigenvalue weighted by Crippen LogP contribution is 2.30. The molecule has 7 heteroatoms. The monoisotopic (exact) mass is 300 g/mol. The number of thiophene rings is 1. The Kier molecular flexibility index (Phi) is 2.04. The number of nitrogen functional groups attached to an aromatic ring is 1. The van der Waals surface area contributed by atoms with Gasteiger partial charge in [0.15, 0.2) is 0 Å². The first-order chi connectivity index (χ1) is 7.22. The summed E-state index contributed by atoms with van der Waals surface area (Å²) >= 11 is 6.45. The average molecular weight is 301 g/mol. The summed E-state index contributed by atoms with van der Waals surface area (Å²) in [7, 11) is 0. The fraction of sp³-hybridized carbons (Fsp3) is 0. The minimum Gasteiger partial charge on any atom is -0.374 e. The van der Waals surface area contributed by atoms with Crippen molar-refractivity contribution in [3.8, 4) is 10.6 Å². The lowest BCUT2D eigenvalue weighted by Crippen LogP contribution is -1.85. The zero-order chi connectivity index (χ0) is 10.4. The van der Waals surface area contributed by atoms with Crippen LogP contribution in [0, 0.1) is 0 Å². The van der Waals surface area contributed by atoms with Gasteiger partial charge in [-0.05, 0) is 22.0 Å². The van der Waals surface area contributed by atoms with Crippen LogP contribution in [0.15, 0.2) is 22.1 Å². The van der Waals surface area contributed by atoms with E-state index < -0.39 is 0 Å². The molecule has 3 heterocycles. The number of imidazole rings is 1. The third kappa shape index (κ3) is 1.56. The van der Waals surface area contributed by atoms with E-state index in [4.69, 9.17) is 5.73 Å². The SMILES string of the molecule is Nc1nn2cc(-c3cc(Br)cs3)nc2s1. The zero-order valence-electron chi connectivity index (χ0n) is 7.35. The van der Waals surface area contributed by atoms with Gasteiger partial charge in [0.1, 0.15) is 5.69 Å². The average Bonchev–Trinajstić information content (AvgIpc) is 2.78. The van der Waals surface area contributed by atoms with Crippen LogP contribution < -0.4 is 5.73 Å². The number of hydrogen-bond donors (Lipinski definition) is 1. The molecule has 2 N–H and O–H groups in total. The van der Waals surface area contributed by atoms with Crippen LogP contribution in [0.25, 0.3) is 15.5 Å². The van der Waals surface area contributed by atoms with Crippen LogP contribution in [-0.2, 0) is 0 Å². The Morgan fingerprint density at radius 2 is 2.33 bits per heavy atom. The smallest absolute Gasteiger partial charge is 0.214 e. The van der Waals surface area contributed by atoms with Crippen molar-refractivity contribution in [1.82, 2.24) is 14.6 Å². The highest BCUT2D eigenvalue weighted by atomic mass is 79.9. The Morgan fingerprint density at radius 1 is 1.47 bits per heavy atom. The van der Waals surface area contributed by atoms with E-state index in [0.29, 0.717) is 5.13 Å². The van der Waals surface area contributed by atoms with Crippen LogP contribution in [-0.4, -0.2) is 14.6 Å². The second-order valence-corrected chi connectivity index (χ2v) is 5.74. The van der Waals surface area contributed by atoms with E-state index in [-0.39, 0.29) is 0 Å². The van der Waals surface area contributed by atoms with E-state index in [1.54, 1.807) is 15.9 Å². The summed E-state index contributed by atoms with van der Waals surface area (Å²) in [5.41, 5.74) is 6.50. The second-order valence-electron chi connectivity index (χ2n) is 2.92. The number of nitrogens with two attached hydrogens (primary N) is 1. The molecule has 4 nitrogen and oxygen atoms in total. The Balaban J connectivity index is 2.15. The van der Waals surface area contributed by atoms with Crippen molar-refractivity contribution >= 4 is 48.7 Å². The largest absolute Gasteiger partial charge is 0.374 e. The third-order valence-corrected chi connectivity index (χ3v) is 4.34. The lowest BCUT2D eigenvalue weighted by atomic mass is 10.4. The van der Waals surface area contributed by atoms with Gasteiger partial charge in [0.25, 0.3) is 0 Å². The molecule has 0 bridgehead atoms. The predicted octanol–water partition coefficient (Wildman–Crippen LogP) is 2.86. The van der Waals surface area contributed by atoms with Gasteiger partial charge in [-0.25, -0.2) is 9.50 Å². The first-order valence-electron chi connectivity index (χ1n) is 4.08. The predicted molar refractivity (Wildman–Crippen MR) is 66.3 cm³/mol. The molecule has 0 radical (unpaired) electrons. The quantitative estimate of drug-likeness (QED) is 0.752. The van der Waals surface area contributed by atoms with Gasteiger partial charge in [-0.15, -0.1) is 16.4 Å². The van der Waals surface area contributed by atoms with Crippen molar-refractivity contribution in [3.63, 3.8) is 0 Å². The highest BCUT2D eigenvalue weighted by Gasteiger charge is 2.09. The summed E-state index contributed by atoms with van der Waals surface area (Å²) in [5.74, 6) is 0. The fourth-order valence-electron chi connectivity index (χ4n) is 1.28. The Hall–Kier alpha value is -0.920. The summed E-state index contributed by atoms with van der Waals surface area (Å²) in [5, 5.41) is 6.68. The van der Waals surface area contributed by atoms with Gasteiger partial charge in [0, 0.05) is 9.85 Å². The van der Waals surface area contributed by atoms with Crippen LogP contribution in [0.2, 0.25) is 0 Å². The molecule has 76 valence electrons. The third-order valence-electron chi connectivity index (χ3n) is 1.88.